The van der Waals surface area contributed by atoms with E-state index in [1.165, 1.54) is 12.1 Å². The molecule has 0 bridgehead atoms. The second kappa shape index (κ2) is 7.53. The average Bonchev–Trinajstić information content (AvgIpc) is 2.46. The van der Waals surface area contributed by atoms with Gasteiger partial charge in [-0.1, -0.05) is 35.9 Å². The Hall–Kier alpha value is -1.45. The van der Waals surface area contributed by atoms with Gasteiger partial charge in [0, 0.05) is 5.02 Å². The van der Waals surface area contributed by atoms with Gasteiger partial charge in [-0.25, -0.2) is 8.78 Å². The fourth-order valence-electron chi connectivity index (χ4n) is 2.48. The fourth-order valence-corrected chi connectivity index (χ4v) is 2.69. The van der Waals surface area contributed by atoms with Crippen LogP contribution in [0.15, 0.2) is 42.5 Å². The first kappa shape index (κ1) is 15.9. The van der Waals surface area contributed by atoms with E-state index in [1.54, 1.807) is 6.07 Å². The Kier molecular flexibility index (Phi) is 5.71. The van der Waals surface area contributed by atoms with Crippen molar-refractivity contribution in [2.45, 2.75) is 12.8 Å². The highest BCUT2D eigenvalue weighted by Gasteiger charge is 2.13. The van der Waals surface area contributed by atoms with Crippen molar-refractivity contribution in [2.24, 2.45) is 5.92 Å². The van der Waals surface area contributed by atoms with Crippen molar-refractivity contribution in [1.82, 2.24) is 5.32 Å². The minimum Gasteiger partial charge on any atom is -0.319 e. The van der Waals surface area contributed by atoms with Crippen LogP contribution >= 0.6 is 11.6 Å². The Balaban J connectivity index is 2.11. The van der Waals surface area contributed by atoms with E-state index in [9.17, 15) is 8.78 Å². The number of nitrogens with one attached hydrogen (secondary N) is 1. The van der Waals surface area contributed by atoms with Crippen LogP contribution in [0.25, 0.3) is 0 Å². The predicted octanol–water partition coefficient (Wildman–Crippen LogP) is 4.24. The second-order valence-electron chi connectivity index (χ2n) is 5.17. The van der Waals surface area contributed by atoms with Crippen molar-refractivity contribution in [1.29, 1.82) is 0 Å². The molecular formula is C17H18ClF2N. The van der Waals surface area contributed by atoms with Crippen LogP contribution in [0.4, 0.5) is 8.78 Å². The summed E-state index contributed by atoms with van der Waals surface area (Å²) < 4.78 is 26.3. The Morgan fingerprint density at radius 3 is 2.48 bits per heavy atom. The molecule has 0 saturated carbocycles. The minimum absolute atomic E-state index is 0.264. The molecule has 4 heteroatoms. The van der Waals surface area contributed by atoms with Crippen molar-refractivity contribution in [3.8, 4) is 0 Å². The standard InChI is InChI=1S/C17H18ClF2N/c1-21-11-13(9-14-4-2-3-5-15(14)18)8-12-6-7-16(19)17(20)10-12/h2-7,10,13,21H,8-9,11H2,1H3. The van der Waals surface area contributed by atoms with Crippen LogP contribution in [0, 0.1) is 17.6 Å². The Morgan fingerprint density at radius 1 is 1.05 bits per heavy atom. The van der Waals surface area contributed by atoms with Gasteiger partial charge >= 0.3 is 0 Å². The summed E-state index contributed by atoms with van der Waals surface area (Å²) >= 11 is 6.19. The van der Waals surface area contributed by atoms with Gasteiger partial charge in [0.05, 0.1) is 0 Å². The van der Waals surface area contributed by atoms with Crippen molar-refractivity contribution in [2.75, 3.05) is 13.6 Å². The average molecular weight is 310 g/mol. The zero-order valence-electron chi connectivity index (χ0n) is 11.9. The van der Waals surface area contributed by atoms with Crippen LogP contribution in [0.2, 0.25) is 5.02 Å². The molecule has 2 aromatic carbocycles. The van der Waals surface area contributed by atoms with Crippen LogP contribution in [0.5, 0.6) is 0 Å². The molecule has 2 rings (SSSR count). The van der Waals surface area contributed by atoms with E-state index in [2.05, 4.69) is 5.32 Å². The maximum atomic E-state index is 13.3. The summed E-state index contributed by atoms with van der Waals surface area (Å²) in [4.78, 5) is 0. The van der Waals surface area contributed by atoms with E-state index in [1.807, 2.05) is 31.3 Å². The molecule has 0 aromatic heterocycles. The molecule has 112 valence electrons. The molecule has 1 N–H and O–H groups in total. The maximum absolute atomic E-state index is 13.3. The number of benzene rings is 2. The molecule has 1 unspecified atom stereocenters. The number of hydrogen-bond donors (Lipinski definition) is 1. The molecule has 0 aliphatic heterocycles. The van der Waals surface area contributed by atoms with Crippen LogP contribution < -0.4 is 5.32 Å². The zero-order chi connectivity index (χ0) is 15.2. The summed E-state index contributed by atoms with van der Waals surface area (Å²) in [6.45, 7) is 0.782. The SMILES string of the molecule is CNCC(Cc1ccc(F)c(F)c1)Cc1ccccc1Cl. The van der Waals surface area contributed by atoms with Crippen LogP contribution in [0.1, 0.15) is 11.1 Å². The number of rotatable bonds is 6. The molecule has 0 aliphatic rings. The van der Waals surface area contributed by atoms with E-state index < -0.39 is 11.6 Å². The van der Waals surface area contributed by atoms with Gasteiger partial charge in [0.2, 0.25) is 0 Å². The number of halogens is 3. The van der Waals surface area contributed by atoms with Gasteiger partial charge in [0.1, 0.15) is 0 Å². The monoisotopic (exact) mass is 309 g/mol. The lowest BCUT2D eigenvalue weighted by atomic mass is 9.92. The smallest absolute Gasteiger partial charge is 0.159 e. The number of hydrogen-bond acceptors (Lipinski definition) is 1. The normalized spacial score (nSPS) is 12.4. The first-order valence-corrected chi connectivity index (χ1v) is 7.30. The zero-order valence-corrected chi connectivity index (χ0v) is 12.6. The van der Waals surface area contributed by atoms with Crippen molar-refractivity contribution in [3.63, 3.8) is 0 Å². The molecule has 0 saturated heterocycles. The van der Waals surface area contributed by atoms with Crippen LogP contribution in [-0.4, -0.2) is 13.6 Å². The van der Waals surface area contributed by atoms with E-state index in [4.69, 9.17) is 11.6 Å². The Labute approximate surface area is 128 Å². The first-order valence-electron chi connectivity index (χ1n) is 6.92. The Morgan fingerprint density at radius 2 is 1.81 bits per heavy atom. The lowest BCUT2D eigenvalue weighted by Crippen LogP contribution is -2.23. The lowest BCUT2D eigenvalue weighted by Gasteiger charge is -2.17. The first-order chi connectivity index (χ1) is 10.1. The summed E-state index contributed by atoms with van der Waals surface area (Å²) in [6, 6.07) is 11.8. The van der Waals surface area contributed by atoms with E-state index >= 15 is 0 Å². The van der Waals surface area contributed by atoms with Gasteiger partial charge in [0.15, 0.2) is 11.6 Å². The third-order valence-corrected chi connectivity index (χ3v) is 3.84. The molecule has 0 heterocycles. The highest BCUT2D eigenvalue weighted by molar-refractivity contribution is 6.31. The van der Waals surface area contributed by atoms with Gasteiger partial charge < -0.3 is 5.32 Å². The van der Waals surface area contributed by atoms with Gasteiger partial charge in [-0.05, 0) is 61.7 Å². The van der Waals surface area contributed by atoms with Crippen molar-refractivity contribution in [3.05, 3.63) is 70.2 Å². The molecule has 0 amide bonds. The van der Waals surface area contributed by atoms with Gasteiger partial charge in [-0.2, -0.15) is 0 Å². The molecule has 0 spiro atoms. The molecule has 1 atom stereocenters. The third-order valence-electron chi connectivity index (χ3n) is 3.47. The molecule has 0 radical (unpaired) electrons. The Bertz CT molecular complexity index is 601. The van der Waals surface area contributed by atoms with E-state index in [-0.39, 0.29) is 5.92 Å². The minimum atomic E-state index is -0.810. The van der Waals surface area contributed by atoms with E-state index in [0.717, 1.165) is 29.1 Å². The molecule has 1 nitrogen and oxygen atoms in total. The highest BCUT2D eigenvalue weighted by Crippen LogP contribution is 2.21. The predicted molar refractivity (Wildman–Crippen MR) is 82.6 cm³/mol. The van der Waals surface area contributed by atoms with Gasteiger partial charge in [-0.15, -0.1) is 0 Å². The summed E-state index contributed by atoms with van der Waals surface area (Å²) in [6.07, 6.45) is 1.46. The van der Waals surface area contributed by atoms with Crippen LogP contribution in [-0.2, 0) is 12.8 Å². The van der Waals surface area contributed by atoms with Gasteiger partial charge in [0.25, 0.3) is 0 Å². The fraction of sp³-hybridized carbons (Fsp3) is 0.294. The maximum Gasteiger partial charge on any atom is 0.159 e. The molecule has 0 aliphatic carbocycles. The summed E-state index contributed by atoms with van der Waals surface area (Å²) in [5.41, 5.74) is 1.86. The largest absolute Gasteiger partial charge is 0.319 e. The summed E-state index contributed by atoms with van der Waals surface area (Å²) in [5, 5.41) is 3.88. The van der Waals surface area contributed by atoms with Gasteiger partial charge in [-0.3, -0.25) is 0 Å². The molecule has 0 fully saturated rings. The molecular weight excluding hydrogens is 292 g/mol. The second-order valence-corrected chi connectivity index (χ2v) is 5.58. The topological polar surface area (TPSA) is 12.0 Å². The van der Waals surface area contributed by atoms with Crippen LogP contribution in [0.3, 0.4) is 0 Å². The van der Waals surface area contributed by atoms with Crippen molar-refractivity contribution >= 4 is 11.6 Å². The molecule has 2 aromatic rings. The lowest BCUT2D eigenvalue weighted by molar-refractivity contribution is 0.483. The quantitative estimate of drug-likeness (QED) is 0.841. The highest BCUT2D eigenvalue weighted by atomic mass is 35.5. The summed E-state index contributed by atoms with van der Waals surface area (Å²) in [7, 11) is 1.88. The molecule has 21 heavy (non-hydrogen) atoms. The van der Waals surface area contributed by atoms with E-state index in [0.29, 0.717) is 6.42 Å². The summed E-state index contributed by atoms with van der Waals surface area (Å²) in [5.74, 6) is -1.34. The third kappa shape index (κ3) is 4.51. The van der Waals surface area contributed by atoms with Crippen molar-refractivity contribution < 1.29 is 8.78 Å².